The molecule has 2 amide bonds. The highest BCUT2D eigenvalue weighted by Crippen LogP contribution is 2.35. The molecule has 0 spiro atoms. The number of carbonyl (C=O) groups excluding carboxylic acids is 1. The number of nitrogens with zero attached hydrogens (tertiary/aromatic N) is 4. The number of urea groups is 1. The van der Waals surface area contributed by atoms with Crippen LogP contribution in [0, 0.1) is 0 Å². The average molecular weight is 438 g/mol. The number of fused-ring (bicyclic) bond motifs is 3. The van der Waals surface area contributed by atoms with E-state index >= 15 is 0 Å². The molecule has 0 radical (unpaired) electrons. The summed E-state index contributed by atoms with van der Waals surface area (Å²) in [4.78, 5) is 29.4. The zero-order valence-corrected chi connectivity index (χ0v) is 18.6. The van der Waals surface area contributed by atoms with Crippen LogP contribution < -0.4 is 0 Å². The van der Waals surface area contributed by atoms with E-state index in [0.29, 0.717) is 25.7 Å². The van der Waals surface area contributed by atoms with Gasteiger partial charge in [-0.15, -0.1) is 0 Å². The Kier molecular flexibility index (Phi) is 6.23. The second kappa shape index (κ2) is 9.42. The van der Waals surface area contributed by atoms with Crippen LogP contribution in [0.5, 0.6) is 0 Å². The number of H-pyrrole nitrogens is 1. The molecule has 2 aliphatic heterocycles. The molecule has 1 unspecified atom stereocenters. The fourth-order valence-electron chi connectivity index (χ4n) is 5.15. The summed E-state index contributed by atoms with van der Waals surface area (Å²) in [6.45, 7) is 4.22. The van der Waals surface area contributed by atoms with E-state index < -0.39 is 0 Å². The number of carbonyl (C=O) groups is 1. The maximum absolute atomic E-state index is 13.2. The van der Waals surface area contributed by atoms with Crippen molar-refractivity contribution in [1.82, 2.24) is 24.8 Å². The molecule has 0 saturated carbocycles. The SMILES string of the molecule is COCCOC1CCCN(C(=O)N2CCC(c3ccnc4cnc5[nH]ccc5c34)CC2)C1. The number of likely N-dealkylation sites (tertiary alicyclic amines) is 2. The minimum atomic E-state index is 0.112. The van der Waals surface area contributed by atoms with Gasteiger partial charge in [0.25, 0.3) is 0 Å². The van der Waals surface area contributed by atoms with Gasteiger partial charge in [-0.2, -0.15) is 0 Å². The second-order valence-corrected chi connectivity index (χ2v) is 8.78. The summed E-state index contributed by atoms with van der Waals surface area (Å²) in [5, 5.41) is 2.31. The Hall–Kier alpha value is -2.71. The van der Waals surface area contributed by atoms with Crippen LogP contribution >= 0.6 is 0 Å². The predicted octanol–water partition coefficient (Wildman–Crippen LogP) is 3.54. The van der Waals surface area contributed by atoms with Gasteiger partial charge >= 0.3 is 6.03 Å². The molecule has 32 heavy (non-hydrogen) atoms. The van der Waals surface area contributed by atoms with E-state index in [4.69, 9.17) is 9.47 Å². The Bertz CT molecular complexity index is 1080. The number of amides is 2. The maximum Gasteiger partial charge on any atom is 0.320 e. The fourth-order valence-corrected chi connectivity index (χ4v) is 5.15. The summed E-state index contributed by atoms with van der Waals surface area (Å²) in [6.07, 6.45) is 9.68. The molecule has 2 fully saturated rings. The maximum atomic E-state index is 13.2. The first-order chi connectivity index (χ1) is 15.7. The summed E-state index contributed by atoms with van der Waals surface area (Å²) in [5.74, 6) is 0.413. The zero-order valence-electron chi connectivity index (χ0n) is 18.6. The largest absolute Gasteiger partial charge is 0.382 e. The number of pyridine rings is 2. The minimum absolute atomic E-state index is 0.112. The molecule has 0 bridgehead atoms. The normalized spacial score (nSPS) is 20.3. The van der Waals surface area contributed by atoms with Crippen molar-refractivity contribution in [3.05, 3.63) is 36.3 Å². The van der Waals surface area contributed by atoms with E-state index in [1.165, 1.54) is 10.9 Å². The van der Waals surface area contributed by atoms with E-state index in [1.807, 2.05) is 28.4 Å². The van der Waals surface area contributed by atoms with Gasteiger partial charge in [0.1, 0.15) is 5.65 Å². The van der Waals surface area contributed by atoms with Crippen molar-refractivity contribution in [3.8, 4) is 0 Å². The molecule has 2 aliphatic rings. The van der Waals surface area contributed by atoms with E-state index in [-0.39, 0.29) is 12.1 Å². The van der Waals surface area contributed by atoms with Crippen LogP contribution in [0.25, 0.3) is 21.9 Å². The molecule has 3 aromatic heterocycles. The Morgan fingerprint density at radius 2 is 2.00 bits per heavy atom. The highest BCUT2D eigenvalue weighted by atomic mass is 16.5. The van der Waals surface area contributed by atoms with Gasteiger partial charge in [0, 0.05) is 56.5 Å². The highest BCUT2D eigenvalue weighted by Gasteiger charge is 2.31. The summed E-state index contributed by atoms with van der Waals surface area (Å²) in [7, 11) is 1.68. The van der Waals surface area contributed by atoms with Crippen LogP contribution in [0.2, 0.25) is 0 Å². The standard InChI is InChI=1S/C24H31N5O3/c1-31-13-14-32-18-3-2-10-29(16-18)24(30)28-11-6-17(7-12-28)19-4-8-25-21-15-27-23-20(22(19)21)5-9-26-23/h4-5,8-9,15,17-18H,2-3,6-7,10-14,16H2,1H3,(H,26,27). The third kappa shape index (κ3) is 4.17. The third-order valence-electron chi connectivity index (χ3n) is 6.82. The van der Waals surface area contributed by atoms with Gasteiger partial charge < -0.3 is 24.3 Å². The zero-order chi connectivity index (χ0) is 21.9. The van der Waals surface area contributed by atoms with Crippen LogP contribution in [-0.4, -0.2) is 83.4 Å². The van der Waals surface area contributed by atoms with E-state index in [9.17, 15) is 4.79 Å². The first-order valence-corrected chi connectivity index (χ1v) is 11.6. The predicted molar refractivity (Wildman–Crippen MR) is 123 cm³/mol. The van der Waals surface area contributed by atoms with Gasteiger partial charge in [-0.1, -0.05) is 0 Å². The van der Waals surface area contributed by atoms with Crippen molar-refractivity contribution in [2.45, 2.75) is 37.7 Å². The lowest BCUT2D eigenvalue weighted by Crippen LogP contribution is -2.51. The number of rotatable bonds is 5. The molecular formula is C24H31N5O3. The quantitative estimate of drug-likeness (QED) is 0.618. The summed E-state index contributed by atoms with van der Waals surface area (Å²) >= 11 is 0. The molecule has 5 heterocycles. The first kappa shape index (κ1) is 21.2. The van der Waals surface area contributed by atoms with Crippen LogP contribution in [0.15, 0.2) is 30.7 Å². The van der Waals surface area contributed by atoms with Crippen molar-refractivity contribution < 1.29 is 14.3 Å². The highest BCUT2D eigenvalue weighted by molar-refractivity contribution is 6.05. The van der Waals surface area contributed by atoms with E-state index in [2.05, 4.69) is 27.1 Å². The summed E-state index contributed by atoms with van der Waals surface area (Å²) < 4.78 is 11.0. The van der Waals surface area contributed by atoms with Crippen molar-refractivity contribution in [3.63, 3.8) is 0 Å². The van der Waals surface area contributed by atoms with Crippen LogP contribution in [-0.2, 0) is 9.47 Å². The van der Waals surface area contributed by atoms with Gasteiger partial charge in [-0.3, -0.25) is 4.98 Å². The monoisotopic (exact) mass is 437 g/mol. The molecule has 3 aromatic rings. The molecule has 5 rings (SSSR count). The van der Waals surface area contributed by atoms with Crippen molar-refractivity contribution in [2.75, 3.05) is 46.5 Å². The van der Waals surface area contributed by atoms with Crippen LogP contribution in [0.4, 0.5) is 4.79 Å². The van der Waals surface area contributed by atoms with Crippen molar-refractivity contribution in [1.29, 1.82) is 0 Å². The number of hydrogen-bond acceptors (Lipinski definition) is 5. The number of ether oxygens (including phenoxy) is 2. The first-order valence-electron chi connectivity index (χ1n) is 11.6. The van der Waals surface area contributed by atoms with Gasteiger partial charge in [-0.05, 0) is 49.3 Å². The molecular weight excluding hydrogens is 406 g/mol. The lowest BCUT2D eigenvalue weighted by atomic mass is 9.87. The van der Waals surface area contributed by atoms with Crippen molar-refractivity contribution >= 4 is 28.0 Å². The Balaban J connectivity index is 1.25. The topological polar surface area (TPSA) is 83.6 Å². The number of methoxy groups -OCH3 is 1. The smallest absolute Gasteiger partial charge is 0.320 e. The molecule has 2 saturated heterocycles. The molecule has 1 N–H and O–H groups in total. The Morgan fingerprint density at radius 3 is 2.84 bits per heavy atom. The number of nitrogens with one attached hydrogen (secondary N) is 1. The molecule has 8 nitrogen and oxygen atoms in total. The fraction of sp³-hybridized carbons (Fsp3) is 0.542. The van der Waals surface area contributed by atoms with E-state index in [0.717, 1.165) is 61.9 Å². The molecule has 1 atom stereocenters. The van der Waals surface area contributed by atoms with E-state index in [1.54, 1.807) is 7.11 Å². The molecule has 8 heteroatoms. The van der Waals surface area contributed by atoms with Crippen LogP contribution in [0.3, 0.4) is 0 Å². The van der Waals surface area contributed by atoms with Gasteiger partial charge in [0.15, 0.2) is 0 Å². The third-order valence-corrected chi connectivity index (χ3v) is 6.82. The number of aromatic nitrogens is 3. The molecule has 0 aromatic carbocycles. The number of piperidine rings is 2. The molecule has 170 valence electrons. The Labute approximate surface area is 187 Å². The lowest BCUT2D eigenvalue weighted by molar-refractivity contribution is -0.0161. The van der Waals surface area contributed by atoms with Gasteiger partial charge in [0.05, 0.1) is 31.0 Å². The summed E-state index contributed by atoms with van der Waals surface area (Å²) in [6, 6.07) is 4.37. The van der Waals surface area contributed by atoms with Gasteiger partial charge in [-0.25, -0.2) is 9.78 Å². The average Bonchev–Trinajstić information content (AvgIpc) is 3.33. The Morgan fingerprint density at radius 1 is 1.12 bits per heavy atom. The summed E-state index contributed by atoms with van der Waals surface area (Å²) in [5.41, 5.74) is 3.14. The van der Waals surface area contributed by atoms with Crippen LogP contribution in [0.1, 0.15) is 37.2 Å². The molecule has 0 aliphatic carbocycles. The van der Waals surface area contributed by atoms with Crippen molar-refractivity contribution in [2.24, 2.45) is 0 Å². The second-order valence-electron chi connectivity index (χ2n) is 8.78. The lowest BCUT2D eigenvalue weighted by Gasteiger charge is -2.39. The number of aromatic amines is 1. The minimum Gasteiger partial charge on any atom is -0.382 e. The van der Waals surface area contributed by atoms with Gasteiger partial charge in [0.2, 0.25) is 0 Å². The number of hydrogen-bond donors (Lipinski definition) is 1.